The van der Waals surface area contributed by atoms with Crippen molar-refractivity contribution in [1.29, 1.82) is 0 Å². The van der Waals surface area contributed by atoms with Crippen LogP contribution in [0.1, 0.15) is 71.1 Å². The maximum atomic E-state index is 10.3. The summed E-state index contributed by atoms with van der Waals surface area (Å²) in [6.07, 6.45) is 18.7. The molecule has 0 atom stereocenters. The van der Waals surface area contributed by atoms with E-state index >= 15 is 0 Å². The van der Waals surface area contributed by atoms with Gasteiger partial charge in [-0.15, -0.1) is 0 Å². The van der Waals surface area contributed by atoms with Crippen molar-refractivity contribution < 1.29 is 20.1 Å². The fraction of sp³-hybridized carbons (Fsp3) is 0.550. The molecule has 0 radical (unpaired) electrons. The van der Waals surface area contributed by atoms with Crippen LogP contribution in [0.3, 0.4) is 0 Å². The molecular weight excluding hydrogens is 304 g/mol. The minimum atomic E-state index is -0.776. The summed E-state index contributed by atoms with van der Waals surface area (Å²) in [6.45, 7) is 2.14. The Hall–Kier alpha value is -1.97. The Kier molecular flexibility index (Phi) is 14.6. The second kappa shape index (κ2) is 15.9. The van der Waals surface area contributed by atoms with Crippen molar-refractivity contribution in [3.05, 3.63) is 48.0 Å². The van der Waals surface area contributed by atoms with Gasteiger partial charge in [0.1, 0.15) is 0 Å². The first kappa shape index (κ1) is 22.0. The number of aliphatic hydroxyl groups excluding tert-OH is 2. The molecule has 0 aromatic rings. The lowest BCUT2D eigenvalue weighted by Gasteiger charge is -1.97. The van der Waals surface area contributed by atoms with Crippen molar-refractivity contribution in [3.63, 3.8) is 0 Å². The molecule has 0 saturated heterocycles. The molecule has 0 saturated carbocycles. The number of allylic oxidation sites excluding steroid dienone is 7. The van der Waals surface area contributed by atoms with Gasteiger partial charge in [-0.25, -0.2) is 0 Å². The minimum absolute atomic E-state index is 0.180. The van der Waals surface area contributed by atoms with Gasteiger partial charge in [-0.3, -0.25) is 4.79 Å². The number of hydrogen-bond acceptors (Lipinski definition) is 3. The number of carboxylic acid groups (broad SMARTS) is 1. The number of carboxylic acids is 1. The van der Waals surface area contributed by atoms with Gasteiger partial charge in [0.2, 0.25) is 0 Å². The molecule has 0 spiro atoms. The highest BCUT2D eigenvalue weighted by atomic mass is 16.4. The van der Waals surface area contributed by atoms with E-state index in [-0.39, 0.29) is 6.42 Å². The van der Waals surface area contributed by atoms with E-state index in [2.05, 4.69) is 6.92 Å². The quantitative estimate of drug-likeness (QED) is 0.207. The molecule has 0 aliphatic heterocycles. The Morgan fingerprint density at radius 3 is 2.08 bits per heavy atom. The SMILES string of the molecule is CCCCC/C(O)=C\C/C=C\C/C=C(/O)C/C=C\CCCC(=O)O. The van der Waals surface area contributed by atoms with Crippen molar-refractivity contribution in [2.75, 3.05) is 0 Å². The van der Waals surface area contributed by atoms with E-state index in [1.54, 1.807) is 6.08 Å². The topological polar surface area (TPSA) is 77.8 Å². The van der Waals surface area contributed by atoms with Gasteiger partial charge in [0.05, 0.1) is 11.5 Å². The summed E-state index contributed by atoms with van der Waals surface area (Å²) in [6, 6.07) is 0. The lowest BCUT2D eigenvalue weighted by atomic mass is 10.1. The van der Waals surface area contributed by atoms with Gasteiger partial charge in [0, 0.05) is 19.3 Å². The third-order valence-corrected chi connectivity index (χ3v) is 3.44. The minimum Gasteiger partial charge on any atom is -0.513 e. The molecule has 0 unspecified atom stereocenters. The Balaban J connectivity index is 3.78. The predicted molar refractivity (Wildman–Crippen MR) is 99.2 cm³/mol. The molecule has 0 rings (SSSR count). The number of carbonyl (C=O) groups is 1. The summed E-state index contributed by atoms with van der Waals surface area (Å²) < 4.78 is 0. The van der Waals surface area contributed by atoms with Gasteiger partial charge in [0.15, 0.2) is 0 Å². The summed E-state index contributed by atoms with van der Waals surface area (Å²) in [4.78, 5) is 10.3. The van der Waals surface area contributed by atoms with Gasteiger partial charge in [-0.1, -0.05) is 44.1 Å². The fourth-order valence-corrected chi connectivity index (χ4v) is 2.04. The van der Waals surface area contributed by atoms with E-state index in [1.165, 1.54) is 0 Å². The number of aliphatic carboxylic acids is 1. The highest BCUT2D eigenvalue weighted by Crippen LogP contribution is 2.07. The van der Waals surface area contributed by atoms with E-state index < -0.39 is 5.97 Å². The first-order chi connectivity index (χ1) is 11.6. The smallest absolute Gasteiger partial charge is 0.303 e. The number of aliphatic hydroxyl groups is 2. The largest absolute Gasteiger partial charge is 0.513 e. The van der Waals surface area contributed by atoms with E-state index in [4.69, 9.17) is 5.11 Å². The summed E-state index contributed by atoms with van der Waals surface area (Å²) in [5.74, 6) is -0.00586. The lowest BCUT2D eigenvalue weighted by Crippen LogP contribution is -1.92. The average Bonchev–Trinajstić information content (AvgIpc) is 2.54. The first-order valence-corrected chi connectivity index (χ1v) is 8.84. The molecule has 0 fully saturated rings. The van der Waals surface area contributed by atoms with Crippen LogP contribution in [-0.2, 0) is 4.79 Å². The van der Waals surface area contributed by atoms with E-state index in [9.17, 15) is 15.0 Å². The molecule has 3 N–H and O–H groups in total. The summed E-state index contributed by atoms with van der Waals surface area (Å²) >= 11 is 0. The highest BCUT2D eigenvalue weighted by Gasteiger charge is 1.94. The monoisotopic (exact) mass is 336 g/mol. The molecule has 0 aliphatic rings. The van der Waals surface area contributed by atoms with Gasteiger partial charge in [0.25, 0.3) is 0 Å². The molecule has 0 aromatic heterocycles. The number of unbranched alkanes of at least 4 members (excludes halogenated alkanes) is 3. The van der Waals surface area contributed by atoms with Crippen molar-refractivity contribution in [2.24, 2.45) is 0 Å². The maximum absolute atomic E-state index is 10.3. The predicted octanol–water partition coefficient (Wildman–Crippen LogP) is 5.99. The Morgan fingerprint density at radius 2 is 1.46 bits per heavy atom. The molecule has 136 valence electrons. The van der Waals surface area contributed by atoms with Gasteiger partial charge >= 0.3 is 5.97 Å². The molecule has 0 aliphatic carbocycles. The normalized spacial score (nSPS) is 13.2. The Labute approximate surface area is 145 Å². The van der Waals surface area contributed by atoms with Crippen molar-refractivity contribution in [2.45, 2.75) is 71.1 Å². The van der Waals surface area contributed by atoms with Crippen LogP contribution in [0.2, 0.25) is 0 Å². The molecule has 4 nitrogen and oxygen atoms in total. The van der Waals surface area contributed by atoms with Crippen LogP contribution in [0.25, 0.3) is 0 Å². The van der Waals surface area contributed by atoms with Crippen molar-refractivity contribution in [3.8, 4) is 0 Å². The summed E-state index contributed by atoms with van der Waals surface area (Å²) in [7, 11) is 0. The number of rotatable bonds is 14. The summed E-state index contributed by atoms with van der Waals surface area (Å²) in [5.41, 5.74) is 0. The molecule has 24 heavy (non-hydrogen) atoms. The number of hydrogen-bond donors (Lipinski definition) is 3. The van der Waals surface area contributed by atoms with Gasteiger partial charge < -0.3 is 15.3 Å². The van der Waals surface area contributed by atoms with Crippen LogP contribution in [0.4, 0.5) is 0 Å². The second-order valence-electron chi connectivity index (χ2n) is 5.75. The Bertz CT molecular complexity index is 445. The highest BCUT2D eigenvalue weighted by molar-refractivity contribution is 5.66. The second-order valence-corrected chi connectivity index (χ2v) is 5.75. The van der Waals surface area contributed by atoms with Crippen molar-refractivity contribution in [1.82, 2.24) is 0 Å². The molecule has 0 bridgehead atoms. The fourth-order valence-electron chi connectivity index (χ4n) is 2.04. The lowest BCUT2D eigenvalue weighted by molar-refractivity contribution is -0.137. The standard InChI is InChI=1S/C20H32O4/c1-2-3-8-13-18(21)14-9-4-5-10-15-19(22)16-11-6-7-12-17-20(23)24/h4-6,11,14-15,21-22H,2-3,7-10,12-13,16-17H2,1H3,(H,23,24)/b5-4-,11-6-,18-14+,19-15+. The van der Waals surface area contributed by atoms with Crippen LogP contribution >= 0.6 is 0 Å². The van der Waals surface area contributed by atoms with E-state index in [0.29, 0.717) is 43.6 Å². The Morgan fingerprint density at radius 1 is 0.792 bits per heavy atom. The summed E-state index contributed by atoms with van der Waals surface area (Å²) in [5, 5.41) is 27.8. The van der Waals surface area contributed by atoms with E-state index in [0.717, 1.165) is 25.7 Å². The van der Waals surface area contributed by atoms with Crippen LogP contribution in [0.15, 0.2) is 48.0 Å². The van der Waals surface area contributed by atoms with Crippen LogP contribution in [0, 0.1) is 0 Å². The van der Waals surface area contributed by atoms with Gasteiger partial charge in [-0.05, 0) is 44.3 Å². The average molecular weight is 336 g/mol. The molecule has 4 heteroatoms. The third kappa shape index (κ3) is 16.4. The van der Waals surface area contributed by atoms with Gasteiger partial charge in [-0.2, -0.15) is 0 Å². The maximum Gasteiger partial charge on any atom is 0.303 e. The zero-order valence-electron chi connectivity index (χ0n) is 14.8. The van der Waals surface area contributed by atoms with E-state index in [1.807, 2.05) is 30.4 Å². The zero-order chi connectivity index (χ0) is 18.0. The first-order valence-electron chi connectivity index (χ1n) is 8.84. The van der Waals surface area contributed by atoms with Crippen LogP contribution in [-0.4, -0.2) is 21.3 Å². The zero-order valence-corrected chi connectivity index (χ0v) is 14.8. The van der Waals surface area contributed by atoms with Crippen LogP contribution < -0.4 is 0 Å². The molecule has 0 aromatic carbocycles. The van der Waals surface area contributed by atoms with Crippen molar-refractivity contribution >= 4 is 5.97 Å². The molecular formula is C20H32O4. The molecule has 0 amide bonds. The third-order valence-electron chi connectivity index (χ3n) is 3.44. The van der Waals surface area contributed by atoms with Crippen LogP contribution in [0.5, 0.6) is 0 Å². The molecule has 0 heterocycles.